The summed E-state index contributed by atoms with van der Waals surface area (Å²) < 4.78 is 6.36. The monoisotopic (exact) mass is 289 g/mol. The number of carbonyl (C=O) groups is 1. The molecule has 112 valence electrons. The van der Waals surface area contributed by atoms with E-state index < -0.39 is 11.7 Å². The second kappa shape index (κ2) is 5.51. The van der Waals surface area contributed by atoms with E-state index in [2.05, 4.69) is 20.4 Å². The average Bonchev–Trinajstić information content (AvgIpc) is 2.80. The van der Waals surface area contributed by atoms with Crippen molar-refractivity contribution in [1.82, 2.24) is 19.7 Å². The Hall–Kier alpha value is -2.44. The number of hydrogen-bond donors (Lipinski definition) is 1. The maximum atomic E-state index is 11.8. The first-order chi connectivity index (χ1) is 9.74. The first kappa shape index (κ1) is 15.0. The summed E-state index contributed by atoms with van der Waals surface area (Å²) in [6.45, 7) is 9.26. The third kappa shape index (κ3) is 4.01. The van der Waals surface area contributed by atoms with Crippen molar-refractivity contribution in [1.29, 1.82) is 0 Å². The number of carbonyl (C=O) groups excluding carboxylic acids is 1. The third-order valence-corrected chi connectivity index (χ3v) is 2.64. The van der Waals surface area contributed by atoms with Crippen molar-refractivity contribution in [3.63, 3.8) is 0 Å². The number of rotatable bonds is 2. The molecule has 0 atom stereocenters. The van der Waals surface area contributed by atoms with E-state index in [1.807, 2.05) is 13.8 Å². The molecule has 0 aliphatic carbocycles. The van der Waals surface area contributed by atoms with Gasteiger partial charge >= 0.3 is 6.09 Å². The Morgan fingerprint density at radius 3 is 2.62 bits per heavy atom. The van der Waals surface area contributed by atoms with Crippen LogP contribution in [0.25, 0.3) is 0 Å². The van der Waals surface area contributed by atoms with Crippen molar-refractivity contribution < 1.29 is 9.53 Å². The minimum absolute atomic E-state index is 0.460. The van der Waals surface area contributed by atoms with Crippen LogP contribution < -0.4 is 5.32 Å². The highest BCUT2D eigenvalue weighted by Crippen LogP contribution is 2.14. The zero-order valence-electron chi connectivity index (χ0n) is 12.8. The van der Waals surface area contributed by atoms with Gasteiger partial charge in [-0.3, -0.25) is 0 Å². The maximum absolute atomic E-state index is 11.8. The Balaban J connectivity index is 2.09. The minimum Gasteiger partial charge on any atom is -0.442 e. The van der Waals surface area contributed by atoms with Gasteiger partial charge in [-0.1, -0.05) is 0 Å². The van der Waals surface area contributed by atoms with Gasteiger partial charge in [0.05, 0.1) is 18.1 Å². The van der Waals surface area contributed by atoms with Crippen molar-refractivity contribution in [3.05, 3.63) is 29.8 Å². The molecule has 0 radical (unpaired) electrons. The van der Waals surface area contributed by atoms with Gasteiger partial charge in [0.1, 0.15) is 5.60 Å². The van der Waals surface area contributed by atoms with Crippen molar-refractivity contribution >= 4 is 17.7 Å². The highest BCUT2D eigenvalue weighted by atomic mass is 16.6. The van der Waals surface area contributed by atoms with Gasteiger partial charge in [-0.15, -0.1) is 0 Å². The fourth-order valence-electron chi connectivity index (χ4n) is 1.51. The van der Waals surface area contributed by atoms with Crippen LogP contribution in [-0.4, -0.2) is 31.4 Å². The van der Waals surface area contributed by atoms with Crippen LogP contribution in [0.5, 0.6) is 0 Å². The van der Waals surface area contributed by atoms with E-state index in [0.29, 0.717) is 11.6 Å². The van der Waals surface area contributed by atoms with Gasteiger partial charge < -0.3 is 10.1 Å². The fourth-order valence-corrected chi connectivity index (χ4v) is 1.51. The lowest BCUT2D eigenvalue weighted by Crippen LogP contribution is -2.27. The molecular weight excluding hydrogens is 270 g/mol. The first-order valence-electron chi connectivity index (χ1n) is 6.60. The summed E-state index contributed by atoms with van der Waals surface area (Å²) in [4.78, 5) is 20.3. The molecule has 0 fully saturated rings. The van der Waals surface area contributed by atoms with Crippen LogP contribution in [0.4, 0.5) is 16.4 Å². The molecule has 0 aliphatic rings. The number of aryl methyl sites for hydroxylation is 2. The lowest BCUT2D eigenvalue weighted by Gasteiger charge is -2.18. The molecule has 7 heteroatoms. The molecule has 2 aromatic rings. The lowest BCUT2D eigenvalue weighted by atomic mass is 10.2. The molecule has 0 bridgehead atoms. The smallest absolute Gasteiger partial charge is 0.435 e. The Bertz CT molecular complexity index is 658. The summed E-state index contributed by atoms with van der Waals surface area (Å²) in [7, 11) is 0. The van der Waals surface area contributed by atoms with Crippen molar-refractivity contribution in [2.75, 3.05) is 5.32 Å². The molecule has 1 N–H and O–H groups in total. The van der Waals surface area contributed by atoms with Crippen molar-refractivity contribution in [2.24, 2.45) is 0 Å². The molecule has 2 heterocycles. The molecule has 0 unspecified atom stereocenters. The van der Waals surface area contributed by atoms with Crippen LogP contribution in [0, 0.1) is 13.8 Å². The molecule has 2 rings (SSSR count). The molecule has 2 aromatic heterocycles. The van der Waals surface area contributed by atoms with Gasteiger partial charge in [0.15, 0.2) is 0 Å². The first-order valence-corrected chi connectivity index (χ1v) is 6.60. The van der Waals surface area contributed by atoms with E-state index >= 15 is 0 Å². The molecule has 7 nitrogen and oxygen atoms in total. The summed E-state index contributed by atoms with van der Waals surface area (Å²) in [6, 6.07) is 0. The van der Waals surface area contributed by atoms with Crippen LogP contribution in [0.15, 0.2) is 18.6 Å². The number of hydrogen-bond acceptors (Lipinski definition) is 6. The second-order valence-electron chi connectivity index (χ2n) is 5.74. The average molecular weight is 289 g/mol. The van der Waals surface area contributed by atoms with Crippen molar-refractivity contribution in [2.45, 2.75) is 40.2 Å². The Morgan fingerprint density at radius 2 is 2.00 bits per heavy atom. The van der Waals surface area contributed by atoms with E-state index in [1.165, 1.54) is 12.4 Å². The third-order valence-electron chi connectivity index (χ3n) is 2.64. The lowest BCUT2D eigenvalue weighted by molar-refractivity contribution is 0.0514. The number of nitrogens with zero attached hydrogens (tertiary/aromatic N) is 4. The second-order valence-corrected chi connectivity index (χ2v) is 5.74. The van der Waals surface area contributed by atoms with Gasteiger partial charge in [-0.25, -0.2) is 14.8 Å². The fraction of sp³-hybridized carbons (Fsp3) is 0.429. The quantitative estimate of drug-likeness (QED) is 0.915. The summed E-state index contributed by atoms with van der Waals surface area (Å²) in [5, 5.41) is 6.96. The zero-order valence-corrected chi connectivity index (χ0v) is 12.8. The molecule has 0 saturated carbocycles. The van der Waals surface area contributed by atoms with Gasteiger partial charge in [-0.2, -0.15) is 9.78 Å². The zero-order chi connectivity index (χ0) is 15.6. The molecule has 0 aromatic carbocycles. The van der Waals surface area contributed by atoms with Crippen LogP contribution >= 0.6 is 0 Å². The highest BCUT2D eigenvalue weighted by molar-refractivity contribution is 5.71. The number of nitrogens with one attached hydrogen (secondary N) is 1. The largest absolute Gasteiger partial charge is 0.442 e. The number of anilines is 2. The van der Waals surface area contributed by atoms with Crippen molar-refractivity contribution in [3.8, 4) is 0 Å². The van der Waals surface area contributed by atoms with Crippen LogP contribution in [0.3, 0.4) is 0 Å². The molecule has 0 spiro atoms. The molecule has 21 heavy (non-hydrogen) atoms. The summed E-state index contributed by atoms with van der Waals surface area (Å²) in [5.74, 6) is 0.460. The minimum atomic E-state index is -0.562. The van der Waals surface area contributed by atoms with Gasteiger partial charge in [0.2, 0.25) is 5.95 Å². The van der Waals surface area contributed by atoms with Gasteiger partial charge in [0, 0.05) is 11.9 Å². The van der Waals surface area contributed by atoms with E-state index in [1.54, 1.807) is 27.0 Å². The Kier molecular flexibility index (Phi) is 3.93. The Morgan fingerprint density at radius 1 is 1.29 bits per heavy atom. The predicted octanol–water partition coefficient (Wildman–Crippen LogP) is 2.82. The van der Waals surface area contributed by atoms with E-state index in [9.17, 15) is 4.79 Å². The van der Waals surface area contributed by atoms with Crippen LogP contribution in [-0.2, 0) is 4.74 Å². The maximum Gasteiger partial charge on any atom is 0.435 e. The topological polar surface area (TPSA) is 81.9 Å². The number of ether oxygens (including phenoxy) is 1. The molecule has 0 saturated heterocycles. The SMILES string of the molecule is Cc1cnc(Nc2cnn(C(=O)OC(C)(C)C)c2)nc1C. The van der Waals surface area contributed by atoms with Crippen LogP contribution in [0.2, 0.25) is 0 Å². The number of aromatic nitrogens is 4. The van der Waals surface area contributed by atoms with Gasteiger partial charge in [-0.05, 0) is 40.2 Å². The predicted molar refractivity (Wildman–Crippen MR) is 78.6 cm³/mol. The molecular formula is C14H19N5O2. The highest BCUT2D eigenvalue weighted by Gasteiger charge is 2.18. The Labute approximate surface area is 123 Å². The summed E-state index contributed by atoms with van der Waals surface area (Å²) in [5.41, 5.74) is 1.97. The van der Waals surface area contributed by atoms with E-state index in [-0.39, 0.29) is 0 Å². The standard InChI is InChI=1S/C14H19N5O2/c1-9-6-15-12(17-10(9)2)18-11-7-16-19(8-11)13(20)21-14(3,4)5/h6-8H,1-5H3,(H,15,17,18). The van der Waals surface area contributed by atoms with Gasteiger partial charge in [0.25, 0.3) is 0 Å². The molecule has 0 aliphatic heterocycles. The van der Waals surface area contributed by atoms with E-state index in [4.69, 9.17) is 4.74 Å². The summed E-state index contributed by atoms with van der Waals surface area (Å²) in [6.07, 6.45) is 4.26. The van der Waals surface area contributed by atoms with Crippen LogP contribution in [0.1, 0.15) is 32.0 Å². The molecule has 0 amide bonds. The summed E-state index contributed by atoms with van der Waals surface area (Å²) >= 11 is 0. The van der Waals surface area contributed by atoms with E-state index in [0.717, 1.165) is 15.9 Å². The normalized spacial score (nSPS) is 11.3.